The number of para-hydroxylation sites is 1. The summed E-state index contributed by atoms with van der Waals surface area (Å²) < 4.78 is 33.3. The first-order valence-electron chi connectivity index (χ1n) is 6.03. The average molecular weight is 284 g/mol. The van der Waals surface area contributed by atoms with Gasteiger partial charge in [0.15, 0.2) is 0 Å². The predicted molar refractivity (Wildman–Crippen MR) is 68.0 cm³/mol. The lowest BCUT2D eigenvalue weighted by atomic mass is 10.2. The zero-order chi connectivity index (χ0) is 14.5. The molecule has 0 aliphatic heterocycles. The van der Waals surface area contributed by atoms with E-state index in [9.17, 15) is 13.6 Å². The number of hydrogen-bond acceptors (Lipinski definition) is 4. The number of H-pyrrole nitrogens is 1. The predicted octanol–water partition coefficient (Wildman–Crippen LogP) is 2.17. The van der Waals surface area contributed by atoms with Crippen molar-refractivity contribution in [2.75, 3.05) is 20.3 Å². The highest BCUT2D eigenvalue weighted by molar-refractivity contribution is 6.01. The zero-order valence-electron chi connectivity index (χ0n) is 10.9. The van der Waals surface area contributed by atoms with E-state index >= 15 is 0 Å². The molecule has 0 atom stereocenters. The zero-order valence-corrected chi connectivity index (χ0v) is 10.9. The Morgan fingerprint density at radius 1 is 1.45 bits per heavy atom. The molecule has 0 saturated heterocycles. The maximum Gasteiger partial charge on any atom is 0.340 e. The molecule has 0 unspecified atom stereocenters. The summed E-state index contributed by atoms with van der Waals surface area (Å²) in [6, 6.07) is 5.11. The molecule has 7 heteroatoms. The van der Waals surface area contributed by atoms with Crippen LogP contribution in [0.4, 0.5) is 8.78 Å². The Balaban J connectivity index is 2.11. The maximum atomic E-state index is 11.9. The molecule has 5 nitrogen and oxygen atoms in total. The van der Waals surface area contributed by atoms with Crippen LogP contribution in [0.5, 0.6) is 0 Å². The second-order valence-electron chi connectivity index (χ2n) is 4.09. The lowest BCUT2D eigenvalue weighted by Gasteiger charge is -2.00. The molecule has 0 fully saturated rings. The summed E-state index contributed by atoms with van der Waals surface area (Å²) >= 11 is 0. The second kappa shape index (κ2) is 6.42. The number of carbonyl (C=O) groups is 1. The summed E-state index contributed by atoms with van der Waals surface area (Å²) in [5.41, 5.74) is 1.56. The number of carbonyl (C=O) groups excluding carboxylic acids is 1. The average Bonchev–Trinajstić information content (AvgIpc) is 2.85. The molecular formula is C13H14F2N2O3. The lowest BCUT2D eigenvalue weighted by molar-refractivity contribution is 0.0183. The van der Waals surface area contributed by atoms with Crippen molar-refractivity contribution >= 4 is 17.0 Å². The second-order valence-corrected chi connectivity index (χ2v) is 4.09. The van der Waals surface area contributed by atoms with Gasteiger partial charge in [-0.1, -0.05) is 6.07 Å². The van der Waals surface area contributed by atoms with Gasteiger partial charge < -0.3 is 14.5 Å². The van der Waals surface area contributed by atoms with E-state index in [1.165, 1.54) is 7.11 Å². The summed E-state index contributed by atoms with van der Waals surface area (Å²) in [5.74, 6) is 0.105. The van der Waals surface area contributed by atoms with Crippen molar-refractivity contribution in [1.29, 1.82) is 0 Å². The minimum absolute atomic E-state index is 0.137. The lowest BCUT2D eigenvalue weighted by Crippen LogP contribution is -2.07. The SMILES string of the molecule is COC(=O)c1cccc2[nH]c(CCOCC(F)F)nc12. The Morgan fingerprint density at radius 3 is 2.95 bits per heavy atom. The molecule has 1 N–H and O–H groups in total. The van der Waals surface area contributed by atoms with Crippen LogP contribution in [0.1, 0.15) is 16.2 Å². The van der Waals surface area contributed by atoms with Crippen LogP contribution in [0.2, 0.25) is 0 Å². The third-order valence-electron chi connectivity index (χ3n) is 2.69. The van der Waals surface area contributed by atoms with Gasteiger partial charge in [0.05, 0.1) is 24.8 Å². The van der Waals surface area contributed by atoms with Crippen LogP contribution in [0.3, 0.4) is 0 Å². The molecule has 1 aromatic heterocycles. The molecule has 20 heavy (non-hydrogen) atoms. The fourth-order valence-corrected chi connectivity index (χ4v) is 1.82. The number of hydrogen-bond donors (Lipinski definition) is 1. The largest absolute Gasteiger partial charge is 0.465 e. The number of fused-ring (bicyclic) bond motifs is 1. The Labute approximate surface area is 113 Å². The van der Waals surface area contributed by atoms with Gasteiger partial charge in [0, 0.05) is 6.42 Å². The number of halogens is 2. The third-order valence-corrected chi connectivity index (χ3v) is 2.69. The van der Waals surface area contributed by atoms with Gasteiger partial charge in [0.25, 0.3) is 6.43 Å². The quantitative estimate of drug-likeness (QED) is 0.652. The molecule has 0 aliphatic carbocycles. The van der Waals surface area contributed by atoms with Gasteiger partial charge in [-0.15, -0.1) is 0 Å². The molecule has 0 amide bonds. The molecule has 0 spiro atoms. The fraction of sp³-hybridized carbons (Fsp3) is 0.385. The molecule has 1 aromatic carbocycles. The van der Waals surface area contributed by atoms with Crippen LogP contribution in [0.25, 0.3) is 11.0 Å². The Kier molecular flexibility index (Phi) is 4.62. The number of aromatic nitrogens is 2. The van der Waals surface area contributed by atoms with Crippen molar-refractivity contribution in [3.05, 3.63) is 29.6 Å². The normalized spacial score (nSPS) is 11.2. The van der Waals surface area contributed by atoms with Crippen molar-refractivity contribution in [3.8, 4) is 0 Å². The number of benzene rings is 1. The van der Waals surface area contributed by atoms with Gasteiger partial charge in [0.1, 0.15) is 17.9 Å². The van der Waals surface area contributed by atoms with E-state index in [4.69, 9.17) is 4.74 Å². The number of imidazole rings is 1. The minimum Gasteiger partial charge on any atom is -0.465 e. The molecule has 0 saturated carbocycles. The van der Waals surface area contributed by atoms with Gasteiger partial charge in [0.2, 0.25) is 0 Å². The van der Waals surface area contributed by atoms with Gasteiger partial charge >= 0.3 is 5.97 Å². The number of ether oxygens (including phenoxy) is 2. The first-order valence-corrected chi connectivity index (χ1v) is 6.03. The number of nitrogens with zero attached hydrogens (tertiary/aromatic N) is 1. The Bertz CT molecular complexity index is 598. The van der Waals surface area contributed by atoms with E-state index < -0.39 is 19.0 Å². The van der Waals surface area contributed by atoms with Gasteiger partial charge in [-0.3, -0.25) is 0 Å². The number of rotatable bonds is 6. The summed E-state index contributed by atoms with van der Waals surface area (Å²) in [5, 5.41) is 0. The topological polar surface area (TPSA) is 64.2 Å². The highest BCUT2D eigenvalue weighted by Crippen LogP contribution is 2.17. The first kappa shape index (κ1) is 14.4. The number of alkyl halides is 2. The standard InChI is InChI=1S/C13H14F2N2O3/c1-19-13(18)8-3-2-4-9-12(8)17-11(16-9)5-6-20-7-10(14)15/h2-4,10H,5-7H2,1H3,(H,16,17). The van der Waals surface area contributed by atoms with Gasteiger partial charge in [-0.2, -0.15) is 0 Å². The molecule has 0 radical (unpaired) electrons. The van der Waals surface area contributed by atoms with E-state index in [0.717, 1.165) is 0 Å². The van der Waals surface area contributed by atoms with E-state index in [0.29, 0.717) is 28.8 Å². The van der Waals surface area contributed by atoms with Crippen molar-refractivity contribution < 1.29 is 23.0 Å². The van der Waals surface area contributed by atoms with E-state index in [-0.39, 0.29) is 6.61 Å². The molecule has 2 rings (SSSR count). The Hall–Kier alpha value is -2.02. The van der Waals surface area contributed by atoms with Crippen molar-refractivity contribution in [2.45, 2.75) is 12.8 Å². The van der Waals surface area contributed by atoms with E-state index in [1.807, 2.05) is 0 Å². The highest BCUT2D eigenvalue weighted by Gasteiger charge is 2.13. The highest BCUT2D eigenvalue weighted by atomic mass is 19.3. The monoisotopic (exact) mass is 284 g/mol. The van der Waals surface area contributed by atoms with Gasteiger partial charge in [-0.05, 0) is 12.1 Å². The molecule has 2 aromatic rings. The summed E-state index contributed by atoms with van der Waals surface area (Å²) in [4.78, 5) is 18.9. The van der Waals surface area contributed by atoms with Crippen LogP contribution in [-0.4, -0.2) is 42.7 Å². The van der Waals surface area contributed by atoms with Crippen molar-refractivity contribution in [2.24, 2.45) is 0 Å². The smallest absolute Gasteiger partial charge is 0.340 e. The first-order chi connectivity index (χ1) is 9.61. The number of aromatic amines is 1. The minimum atomic E-state index is -2.48. The Morgan fingerprint density at radius 2 is 2.25 bits per heavy atom. The number of methoxy groups -OCH3 is 1. The van der Waals surface area contributed by atoms with Crippen molar-refractivity contribution in [3.63, 3.8) is 0 Å². The van der Waals surface area contributed by atoms with Crippen LogP contribution in [0, 0.1) is 0 Å². The molecule has 108 valence electrons. The van der Waals surface area contributed by atoms with E-state index in [2.05, 4.69) is 14.7 Å². The fourth-order valence-electron chi connectivity index (χ4n) is 1.82. The van der Waals surface area contributed by atoms with Crippen LogP contribution in [0.15, 0.2) is 18.2 Å². The third kappa shape index (κ3) is 3.30. The van der Waals surface area contributed by atoms with Crippen LogP contribution < -0.4 is 0 Å². The van der Waals surface area contributed by atoms with Crippen LogP contribution in [-0.2, 0) is 15.9 Å². The molecule has 0 aliphatic rings. The molecular weight excluding hydrogens is 270 g/mol. The van der Waals surface area contributed by atoms with Crippen LogP contribution >= 0.6 is 0 Å². The number of nitrogens with one attached hydrogen (secondary N) is 1. The molecule has 1 heterocycles. The summed E-state index contributed by atoms with van der Waals surface area (Å²) in [6.45, 7) is -0.453. The number of esters is 1. The van der Waals surface area contributed by atoms with Gasteiger partial charge in [-0.25, -0.2) is 18.6 Å². The summed E-state index contributed by atoms with van der Waals surface area (Å²) in [7, 11) is 1.30. The summed E-state index contributed by atoms with van der Waals surface area (Å²) in [6.07, 6.45) is -2.11. The maximum absolute atomic E-state index is 11.9. The molecule has 0 bridgehead atoms. The van der Waals surface area contributed by atoms with E-state index in [1.54, 1.807) is 18.2 Å². The van der Waals surface area contributed by atoms with Crippen molar-refractivity contribution in [1.82, 2.24) is 9.97 Å².